The second kappa shape index (κ2) is 8.90. The molecule has 2 aromatic rings. The molecular formula is C24H28N4O4. The fraction of sp³-hybridized carbons (Fsp3) is 0.375. The lowest BCUT2D eigenvalue weighted by Crippen LogP contribution is -2.52. The molecular weight excluding hydrogens is 408 g/mol. The summed E-state index contributed by atoms with van der Waals surface area (Å²) in [5, 5.41) is 5.84. The van der Waals surface area contributed by atoms with Gasteiger partial charge in [-0.3, -0.25) is 14.4 Å². The van der Waals surface area contributed by atoms with E-state index in [4.69, 9.17) is 4.74 Å². The molecule has 0 spiro atoms. The van der Waals surface area contributed by atoms with E-state index in [9.17, 15) is 14.4 Å². The zero-order valence-corrected chi connectivity index (χ0v) is 18.6. The maximum Gasteiger partial charge on any atom is 0.263 e. The quantitative estimate of drug-likeness (QED) is 0.752. The Kier molecular flexibility index (Phi) is 6.03. The molecule has 3 amide bonds. The van der Waals surface area contributed by atoms with Gasteiger partial charge in [0.15, 0.2) is 6.10 Å². The van der Waals surface area contributed by atoms with Crippen molar-refractivity contribution in [3.05, 3.63) is 48.0 Å². The van der Waals surface area contributed by atoms with Gasteiger partial charge in [-0.1, -0.05) is 26.0 Å². The van der Waals surface area contributed by atoms with Crippen LogP contribution in [0.15, 0.2) is 42.5 Å². The third-order valence-electron chi connectivity index (χ3n) is 5.95. The molecule has 1 atom stereocenters. The average molecular weight is 437 g/mol. The monoisotopic (exact) mass is 436 g/mol. The average Bonchev–Trinajstić information content (AvgIpc) is 2.80. The minimum Gasteiger partial charge on any atom is -0.477 e. The van der Waals surface area contributed by atoms with Gasteiger partial charge in [-0.05, 0) is 43.2 Å². The van der Waals surface area contributed by atoms with E-state index < -0.39 is 6.10 Å². The highest BCUT2D eigenvalue weighted by molar-refractivity contribution is 6.10. The molecule has 8 nitrogen and oxygen atoms in total. The van der Waals surface area contributed by atoms with E-state index in [1.807, 2.05) is 44.0 Å². The number of hydrogen-bond acceptors (Lipinski definition) is 5. The van der Waals surface area contributed by atoms with Gasteiger partial charge >= 0.3 is 0 Å². The van der Waals surface area contributed by atoms with Gasteiger partial charge in [0.2, 0.25) is 5.91 Å². The first-order valence-electron chi connectivity index (χ1n) is 10.9. The molecule has 0 aromatic heterocycles. The Bertz CT molecular complexity index is 1050. The van der Waals surface area contributed by atoms with E-state index in [0.29, 0.717) is 22.7 Å². The Labute approximate surface area is 187 Å². The molecule has 0 saturated heterocycles. The Morgan fingerprint density at radius 3 is 2.66 bits per heavy atom. The fourth-order valence-electron chi connectivity index (χ4n) is 4.10. The lowest BCUT2D eigenvalue weighted by atomic mass is 10.1. The van der Waals surface area contributed by atoms with Gasteiger partial charge in [-0.2, -0.15) is 0 Å². The number of amides is 3. The maximum atomic E-state index is 13.5. The van der Waals surface area contributed by atoms with Gasteiger partial charge in [0.05, 0.1) is 30.2 Å². The summed E-state index contributed by atoms with van der Waals surface area (Å²) in [4.78, 5) is 41.7. The Morgan fingerprint density at radius 1 is 1.16 bits per heavy atom. The van der Waals surface area contributed by atoms with Crippen LogP contribution in [0.25, 0.3) is 0 Å². The van der Waals surface area contributed by atoms with Crippen LogP contribution in [0.3, 0.4) is 0 Å². The van der Waals surface area contributed by atoms with Crippen molar-refractivity contribution in [2.24, 2.45) is 0 Å². The molecule has 2 aliphatic rings. The molecule has 2 aromatic carbocycles. The summed E-state index contributed by atoms with van der Waals surface area (Å²) in [7, 11) is 1.83. The second-order valence-corrected chi connectivity index (χ2v) is 8.15. The molecule has 0 bridgehead atoms. The van der Waals surface area contributed by atoms with E-state index in [2.05, 4.69) is 10.6 Å². The highest BCUT2D eigenvalue weighted by atomic mass is 16.5. The Balaban J connectivity index is 1.63. The standard InChI is InChI=1S/C24H28N4O4/c1-4-16(5-2)25-23(30)21-13-28(19-8-6-7-9-20(19)32-21)24(31)15-10-11-18-17(12-15)26-22(29)14-27(18)3/h6-12,16,21H,4-5,13-14H2,1-3H3,(H,25,30)(H,26,29). The lowest BCUT2D eigenvalue weighted by molar-refractivity contribution is -0.128. The molecule has 0 radical (unpaired) electrons. The van der Waals surface area contributed by atoms with E-state index in [0.717, 1.165) is 18.5 Å². The predicted molar refractivity (Wildman–Crippen MR) is 123 cm³/mol. The lowest BCUT2D eigenvalue weighted by Gasteiger charge is -2.35. The highest BCUT2D eigenvalue weighted by Crippen LogP contribution is 2.35. The molecule has 168 valence electrons. The van der Waals surface area contributed by atoms with Crippen LogP contribution in [0.5, 0.6) is 5.75 Å². The minimum atomic E-state index is -0.807. The summed E-state index contributed by atoms with van der Waals surface area (Å²) in [6, 6.07) is 12.5. The van der Waals surface area contributed by atoms with Gasteiger partial charge < -0.3 is 25.2 Å². The van der Waals surface area contributed by atoms with Crippen LogP contribution in [0.1, 0.15) is 37.0 Å². The van der Waals surface area contributed by atoms with Crippen molar-refractivity contribution in [2.45, 2.75) is 38.8 Å². The molecule has 4 rings (SSSR count). The smallest absolute Gasteiger partial charge is 0.263 e. The molecule has 1 unspecified atom stereocenters. The van der Waals surface area contributed by atoms with Crippen molar-refractivity contribution in [3.8, 4) is 5.75 Å². The maximum absolute atomic E-state index is 13.5. The number of likely N-dealkylation sites (N-methyl/N-ethyl adjacent to an activating group) is 1. The van der Waals surface area contributed by atoms with Crippen molar-refractivity contribution in [1.29, 1.82) is 0 Å². The van der Waals surface area contributed by atoms with Crippen molar-refractivity contribution in [2.75, 3.05) is 35.3 Å². The number of ether oxygens (including phenoxy) is 1. The minimum absolute atomic E-state index is 0.0636. The van der Waals surface area contributed by atoms with Gasteiger partial charge in [-0.25, -0.2) is 0 Å². The van der Waals surface area contributed by atoms with Crippen molar-refractivity contribution < 1.29 is 19.1 Å². The number of carbonyl (C=O) groups excluding carboxylic acids is 3. The molecule has 2 N–H and O–H groups in total. The number of rotatable bonds is 5. The van der Waals surface area contributed by atoms with Crippen LogP contribution in [0, 0.1) is 0 Å². The number of anilines is 3. The number of nitrogens with zero attached hydrogens (tertiary/aromatic N) is 2. The van der Waals surface area contributed by atoms with Crippen LogP contribution in [-0.4, -0.2) is 50.0 Å². The van der Waals surface area contributed by atoms with Crippen molar-refractivity contribution in [3.63, 3.8) is 0 Å². The Hall–Kier alpha value is -3.55. The van der Waals surface area contributed by atoms with E-state index >= 15 is 0 Å². The third kappa shape index (κ3) is 4.12. The third-order valence-corrected chi connectivity index (χ3v) is 5.95. The van der Waals surface area contributed by atoms with Crippen LogP contribution >= 0.6 is 0 Å². The summed E-state index contributed by atoms with van der Waals surface area (Å²) in [6.45, 7) is 4.41. The van der Waals surface area contributed by atoms with Crippen LogP contribution in [0.2, 0.25) is 0 Å². The van der Waals surface area contributed by atoms with Crippen LogP contribution < -0.4 is 25.2 Å². The summed E-state index contributed by atoms with van der Waals surface area (Å²) < 4.78 is 5.95. The second-order valence-electron chi connectivity index (χ2n) is 8.15. The summed E-state index contributed by atoms with van der Waals surface area (Å²) in [5.74, 6) is -0.126. The normalized spacial score (nSPS) is 17.2. The van der Waals surface area contributed by atoms with Crippen molar-refractivity contribution in [1.82, 2.24) is 5.32 Å². The van der Waals surface area contributed by atoms with Gasteiger partial charge in [0.1, 0.15) is 5.75 Å². The number of nitrogens with one attached hydrogen (secondary N) is 2. The van der Waals surface area contributed by atoms with E-state index in [-0.39, 0.29) is 36.9 Å². The summed E-state index contributed by atoms with van der Waals surface area (Å²) >= 11 is 0. The molecule has 2 heterocycles. The molecule has 32 heavy (non-hydrogen) atoms. The van der Waals surface area contributed by atoms with Gasteiger partial charge in [0.25, 0.3) is 11.8 Å². The molecule has 8 heteroatoms. The first-order chi connectivity index (χ1) is 15.4. The summed E-state index contributed by atoms with van der Waals surface area (Å²) in [5.41, 5.74) is 2.49. The SMILES string of the molecule is CCC(CC)NC(=O)C1CN(C(=O)c2ccc3c(c2)NC(=O)CN3C)c2ccccc2O1. The first-order valence-corrected chi connectivity index (χ1v) is 10.9. The van der Waals surface area contributed by atoms with E-state index in [1.165, 1.54) is 0 Å². The topological polar surface area (TPSA) is 91.0 Å². The molecule has 0 aliphatic carbocycles. The largest absolute Gasteiger partial charge is 0.477 e. The predicted octanol–water partition coefficient (Wildman–Crippen LogP) is 2.79. The van der Waals surface area contributed by atoms with Crippen LogP contribution in [-0.2, 0) is 9.59 Å². The van der Waals surface area contributed by atoms with Gasteiger partial charge in [-0.15, -0.1) is 0 Å². The van der Waals surface area contributed by atoms with E-state index in [1.54, 1.807) is 29.2 Å². The van der Waals surface area contributed by atoms with Crippen molar-refractivity contribution >= 4 is 34.8 Å². The first kappa shape index (κ1) is 21.7. The zero-order valence-electron chi connectivity index (χ0n) is 18.6. The zero-order chi connectivity index (χ0) is 22.8. The number of benzene rings is 2. The Morgan fingerprint density at radius 2 is 1.91 bits per heavy atom. The van der Waals surface area contributed by atoms with Gasteiger partial charge in [0, 0.05) is 18.7 Å². The number of para-hydroxylation sites is 2. The highest BCUT2D eigenvalue weighted by Gasteiger charge is 2.35. The number of hydrogen-bond donors (Lipinski definition) is 2. The fourth-order valence-corrected chi connectivity index (χ4v) is 4.10. The summed E-state index contributed by atoms with van der Waals surface area (Å²) in [6.07, 6.45) is 0.838. The molecule has 0 saturated carbocycles. The van der Waals surface area contributed by atoms with Crippen LogP contribution in [0.4, 0.5) is 17.1 Å². The number of carbonyl (C=O) groups is 3. The molecule has 2 aliphatic heterocycles. The number of fused-ring (bicyclic) bond motifs is 2. The molecule has 0 fully saturated rings.